The molecule has 0 aliphatic carbocycles. The van der Waals surface area contributed by atoms with Gasteiger partial charge in [0.25, 0.3) is 0 Å². The lowest BCUT2D eigenvalue weighted by Gasteiger charge is -2.12. The Morgan fingerprint density at radius 2 is 1.79 bits per heavy atom. The molecular weight excluding hydrogens is 372 g/mol. The molecule has 0 fully saturated rings. The molecule has 0 aliphatic heterocycles. The van der Waals surface area contributed by atoms with E-state index in [4.69, 9.17) is 0 Å². The van der Waals surface area contributed by atoms with Gasteiger partial charge in [0.15, 0.2) is 9.84 Å². The Hall–Kier alpha value is -2.60. The van der Waals surface area contributed by atoms with E-state index in [9.17, 15) is 13.2 Å². The van der Waals surface area contributed by atoms with E-state index in [0.717, 1.165) is 23.1 Å². The van der Waals surface area contributed by atoms with Gasteiger partial charge < -0.3 is 9.88 Å². The number of carbonyl (C=O) groups excluding carboxylic acids is 1. The molecule has 148 valence electrons. The summed E-state index contributed by atoms with van der Waals surface area (Å²) in [5, 5.41) is 3.57. The van der Waals surface area contributed by atoms with E-state index < -0.39 is 9.84 Å². The molecule has 1 N–H and O–H groups in total. The van der Waals surface area contributed by atoms with E-state index >= 15 is 0 Å². The van der Waals surface area contributed by atoms with E-state index in [1.54, 1.807) is 16.8 Å². The van der Waals surface area contributed by atoms with Crippen LogP contribution in [-0.4, -0.2) is 24.9 Å². The monoisotopic (exact) mass is 398 g/mol. The number of carbonyl (C=O) groups is 1. The molecule has 28 heavy (non-hydrogen) atoms. The van der Waals surface area contributed by atoms with Crippen molar-refractivity contribution in [3.8, 4) is 0 Å². The number of hydrogen-bond donors (Lipinski definition) is 1. The number of nitrogens with zero attached hydrogens (tertiary/aromatic N) is 1. The molecule has 0 saturated carbocycles. The van der Waals surface area contributed by atoms with Gasteiger partial charge in [-0.1, -0.05) is 49.4 Å². The zero-order valence-corrected chi connectivity index (χ0v) is 17.3. The Kier molecular flexibility index (Phi) is 5.89. The summed E-state index contributed by atoms with van der Waals surface area (Å²) in [5.74, 6) is -0.190. The van der Waals surface area contributed by atoms with Gasteiger partial charge in [-0.05, 0) is 37.5 Å². The van der Waals surface area contributed by atoms with Crippen LogP contribution in [0.3, 0.4) is 0 Å². The molecule has 3 rings (SSSR count). The normalized spacial score (nSPS) is 12.8. The fraction of sp³-hybridized carbons (Fsp3) is 0.318. The Balaban J connectivity index is 1.98. The average molecular weight is 399 g/mol. The number of aryl methyl sites for hydroxylation is 1. The van der Waals surface area contributed by atoms with Crippen molar-refractivity contribution in [3.05, 3.63) is 65.9 Å². The van der Waals surface area contributed by atoms with Crippen molar-refractivity contribution in [2.75, 3.05) is 0 Å². The lowest BCUT2D eigenvalue weighted by Crippen LogP contribution is -2.34. The molecule has 1 atom stereocenters. The third kappa shape index (κ3) is 4.28. The molecule has 0 spiro atoms. The smallest absolute Gasteiger partial charge is 0.240 e. The zero-order valence-electron chi connectivity index (χ0n) is 16.5. The predicted molar refractivity (Wildman–Crippen MR) is 112 cm³/mol. The lowest BCUT2D eigenvalue weighted by molar-refractivity contribution is -0.122. The second-order valence-electron chi connectivity index (χ2n) is 7.20. The molecule has 3 aromatic rings. The predicted octanol–water partition coefficient (Wildman–Crippen LogP) is 3.84. The fourth-order valence-corrected chi connectivity index (χ4v) is 4.91. The summed E-state index contributed by atoms with van der Waals surface area (Å²) in [6.45, 7) is 5.95. The number of fused-ring (bicyclic) bond motifs is 1. The number of benzene rings is 2. The molecular formula is C22H26N2O3S. The molecule has 0 bridgehead atoms. The van der Waals surface area contributed by atoms with Crippen molar-refractivity contribution >= 4 is 26.6 Å². The van der Waals surface area contributed by atoms with E-state index in [1.807, 2.05) is 63.2 Å². The summed E-state index contributed by atoms with van der Waals surface area (Å²) >= 11 is 0. The molecule has 1 unspecified atom stereocenters. The third-order valence-corrected chi connectivity index (χ3v) is 6.71. The minimum absolute atomic E-state index is 0.0628. The van der Waals surface area contributed by atoms with Gasteiger partial charge in [-0.25, -0.2) is 8.42 Å². The third-order valence-electron chi connectivity index (χ3n) is 5.03. The number of para-hydroxylation sites is 1. The molecule has 1 amide bonds. The van der Waals surface area contributed by atoms with Gasteiger partial charge in [-0.3, -0.25) is 4.79 Å². The fourth-order valence-electron chi connectivity index (χ4n) is 3.22. The number of nitrogens with one attached hydrogen (secondary N) is 1. The first-order valence-corrected chi connectivity index (χ1v) is 11.1. The highest BCUT2D eigenvalue weighted by molar-refractivity contribution is 7.90. The number of rotatable bonds is 7. The highest BCUT2D eigenvalue weighted by Gasteiger charge is 2.23. The first-order valence-electron chi connectivity index (χ1n) is 9.46. The van der Waals surface area contributed by atoms with E-state index in [0.29, 0.717) is 5.39 Å². The van der Waals surface area contributed by atoms with Crippen LogP contribution >= 0.6 is 0 Å². The number of amides is 1. The van der Waals surface area contributed by atoms with Crippen molar-refractivity contribution in [1.29, 1.82) is 0 Å². The van der Waals surface area contributed by atoms with Crippen LogP contribution in [-0.2, 0) is 26.9 Å². The highest BCUT2D eigenvalue weighted by Crippen LogP contribution is 2.28. The first-order chi connectivity index (χ1) is 13.3. The summed E-state index contributed by atoms with van der Waals surface area (Å²) in [6, 6.07) is 14.9. The quantitative estimate of drug-likeness (QED) is 0.657. The van der Waals surface area contributed by atoms with Crippen LogP contribution in [0.2, 0.25) is 0 Å². The second-order valence-corrected chi connectivity index (χ2v) is 9.16. The second kappa shape index (κ2) is 8.19. The molecule has 0 radical (unpaired) electrons. The Labute approximate surface area is 166 Å². The lowest BCUT2D eigenvalue weighted by atomic mass is 10.1. The van der Waals surface area contributed by atoms with Crippen LogP contribution in [0.5, 0.6) is 0 Å². The summed E-state index contributed by atoms with van der Waals surface area (Å²) in [5.41, 5.74) is 2.47. The minimum Gasteiger partial charge on any atom is -0.352 e. The molecule has 5 nitrogen and oxygen atoms in total. The Morgan fingerprint density at radius 3 is 2.50 bits per heavy atom. The summed E-state index contributed by atoms with van der Waals surface area (Å²) in [4.78, 5) is 12.6. The molecule has 0 saturated heterocycles. The summed E-state index contributed by atoms with van der Waals surface area (Å²) in [6.07, 6.45) is 2.43. The number of sulfone groups is 1. The van der Waals surface area contributed by atoms with Crippen molar-refractivity contribution in [2.24, 2.45) is 0 Å². The minimum atomic E-state index is -3.56. The van der Waals surface area contributed by atoms with Crippen LogP contribution in [0, 0.1) is 6.92 Å². The topological polar surface area (TPSA) is 68.2 Å². The molecule has 1 aromatic heterocycles. The van der Waals surface area contributed by atoms with Gasteiger partial charge in [-0.15, -0.1) is 0 Å². The SMILES string of the molecule is CCC(C)NC(=O)Cn1cc(S(=O)(=O)Cc2ccccc2C)c2ccccc21. The Morgan fingerprint density at radius 1 is 1.11 bits per heavy atom. The van der Waals surface area contributed by atoms with E-state index in [2.05, 4.69) is 5.32 Å². The van der Waals surface area contributed by atoms with E-state index in [1.165, 1.54) is 0 Å². The van der Waals surface area contributed by atoms with Crippen molar-refractivity contribution in [1.82, 2.24) is 9.88 Å². The van der Waals surface area contributed by atoms with Crippen molar-refractivity contribution in [2.45, 2.75) is 50.4 Å². The van der Waals surface area contributed by atoms with E-state index in [-0.39, 0.29) is 29.1 Å². The molecule has 6 heteroatoms. The largest absolute Gasteiger partial charge is 0.352 e. The van der Waals surface area contributed by atoms with Crippen LogP contribution in [0.1, 0.15) is 31.4 Å². The molecule has 2 aromatic carbocycles. The van der Waals surface area contributed by atoms with Crippen LogP contribution < -0.4 is 5.32 Å². The van der Waals surface area contributed by atoms with Crippen LogP contribution in [0.4, 0.5) is 0 Å². The standard InChI is InChI=1S/C22H26N2O3S/c1-4-17(3)23-22(25)14-24-13-21(19-11-7-8-12-20(19)24)28(26,27)15-18-10-6-5-9-16(18)2/h5-13,17H,4,14-15H2,1-3H3,(H,23,25). The van der Waals surface area contributed by atoms with Crippen molar-refractivity contribution < 1.29 is 13.2 Å². The van der Waals surface area contributed by atoms with Crippen molar-refractivity contribution in [3.63, 3.8) is 0 Å². The number of aromatic nitrogens is 1. The number of hydrogen-bond acceptors (Lipinski definition) is 3. The highest BCUT2D eigenvalue weighted by atomic mass is 32.2. The van der Waals surface area contributed by atoms with Gasteiger partial charge >= 0.3 is 0 Å². The van der Waals surface area contributed by atoms with Gasteiger partial charge in [-0.2, -0.15) is 0 Å². The van der Waals surface area contributed by atoms with Gasteiger partial charge in [0.05, 0.1) is 10.6 Å². The zero-order chi connectivity index (χ0) is 20.3. The summed E-state index contributed by atoms with van der Waals surface area (Å²) < 4.78 is 28.1. The maximum Gasteiger partial charge on any atom is 0.240 e. The first kappa shape index (κ1) is 20.1. The Bertz CT molecular complexity index is 1100. The summed E-state index contributed by atoms with van der Waals surface area (Å²) in [7, 11) is -3.56. The van der Waals surface area contributed by atoms with Gasteiger partial charge in [0.2, 0.25) is 5.91 Å². The van der Waals surface area contributed by atoms with Gasteiger partial charge in [0, 0.05) is 23.1 Å². The maximum atomic E-state index is 13.2. The molecule has 1 heterocycles. The van der Waals surface area contributed by atoms with Crippen LogP contribution in [0.15, 0.2) is 59.6 Å². The maximum absolute atomic E-state index is 13.2. The molecule has 0 aliphatic rings. The average Bonchev–Trinajstić information content (AvgIpc) is 3.03. The van der Waals surface area contributed by atoms with Crippen LogP contribution in [0.25, 0.3) is 10.9 Å². The van der Waals surface area contributed by atoms with Gasteiger partial charge in [0.1, 0.15) is 6.54 Å².